The van der Waals surface area contributed by atoms with Gasteiger partial charge in [-0.3, -0.25) is 4.99 Å². The molecule has 0 aliphatic rings. The summed E-state index contributed by atoms with van der Waals surface area (Å²) in [6.07, 6.45) is 0. The third kappa shape index (κ3) is 6.66. The molecule has 0 heterocycles. The lowest BCUT2D eigenvalue weighted by atomic mass is 10.0. The molecule has 0 fully saturated rings. The van der Waals surface area contributed by atoms with Gasteiger partial charge in [-0.2, -0.15) is 0 Å². The number of aliphatic imine (C=N–C) groups is 1. The van der Waals surface area contributed by atoms with Crippen molar-refractivity contribution in [3.8, 4) is 0 Å². The van der Waals surface area contributed by atoms with E-state index in [1.54, 1.807) is 30.3 Å². The molecule has 3 N–H and O–H groups in total. The van der Waals surface area contributed by atoms with Crippen LogP contribution in [-0.4, -0.2) is 26.7 Å². The molecule has 25 heavy (non-hydrogen) atoms. The van der Waals surface area contributed by atoms with Crippen LogP contribution in [0.1, 0.15) is 25.3 Å². The number of benzene rings is 2. The SMILES string of the molecule is CC(C)c1cccc(NC(N)=NCCS(=O)(=O)c2ccccc2)c1.I. The van der Waals surface area contributed by atoms with Crippen molar-refractivity contribution in [3.63, 3.8) is 0 Å². The van der Waals surface area contributed by atoms with Gasteiger partial charge in [0.25, 0.3) is 0 Å². The van der Waals surface area contributed by atoms with Gasteiger partial charge in [0.1, 0.15) is 0 Å². The maximum absolute atomic E-state index is 12.2. The molecule has 136 valence electrons. The van der Waals surface area contributed by atoms with Crippen LogP contribution in [0, 0.1) is 0 Å². The fourth-order valence-corrected chi connectivity index (χ4v) is 3.33. The third-order valence-corrected chi connectivity index (χ3v) is 5.28. The Morgan fingerprint density at radius 1 is 1.12 bits per heavy atom. The molecular weight excluding hydrogens is 449 g/mol. The van der Waals surface area contributed by atoms with Crippen LogP contribution in [0.4, 0.5) is 5.69 Å². The molecule has 5 nitrogen and oxygen atoms in total. The monoisotopic (exact) mass is 473 g/mol. The van der Waals surface area contributed by atoms with Crippen LogP contribution in [0.25, 0.3) is 0 Å². The first kappa shape index (κ1) is 21.4. The van der Waals surface area contributed by atoms with Gasteiger partial charge in [-0.05, 0) is 35.7 Å². The number of nitrogens with one attached hydrogen (secondary N) is 1. The van der Waals surface area contributed by atoms with Gasteiger partial charge in [0, 0.05) is 5.69 Å². The minimum Gasteiger partial charge on any atom is -0.370 e. The van der Waals surface area contributed by atoms with Crippen LogP contribution in [0.3, 0.4) is 0 Å². The zero-order chi connectivity index (χ0) is 17.6. The van der Waals surface area contributed by atoms with Crippen LogP contribution in [0.5, 0.6) is 0 Å². The van der Waals surface area contributed by atoms with Crippen LogP contribution in [0.15, 0.2) is 64.5 Å². The number of sulfone groups is 1. The molecule has 0 aromatic heterocycles. The van der Waals surface area contributed by atoms with Gasteiger partial charge in [-0.1, -0.05) is 44.2 Å². The van der Waals surface area contributed by atoms with Crippen molar-refractivity contribution < 1.29 is 8.42 Å². The highest BCUT2D eigenvalue weighted by Crippen LogP contribution is 2.18. The van der Waals surface area contributed by atoms with Gasteiger partial charge in [-0.25, -0.2) is 8.42 Å². The summed E-state index contributed by atoms with van der Waals surface area (Å²) in [6, 6.07) is 16.3. The topological polar surface area (TPSA) is 84.5 Å². The Labute approximate surface area is 166 Å². The molecule has 0 amide bonds. The van der Waals surface area contributed by atoms with E-state index >= 15 is 0 Å². The molecule has 0 bridgehead atoms. The predicted molar refractivity (Wildman–Crippen MR) is 115 cm³/mol. The maximum atomic E-state index is 12.2. The quantitative estimate of drug-likeness (QED) is 0.381. The van der Waals surface area contributed by atoms with Gasteiger partial charge < -0.3 is 11.1 Å². The summed E-state index contributed by atoms with van der Waals surface area (Å²) < 4.78 is 24.3. The van der Waals surface area contributed by atoms with E-state index in [0.717, 1.165) is 5.69 Å². The Balaban J connectivity index is 0.00000312. The summed E-state index contributed by atoms with van der Waals surface area (Å²) in [7, 11) is -3.34. The van der Waals surface area contributed by atoms with E-state index in [2.05, 4.69) is 30.2 Å². The van der Waals surface area contributed by atoms with Crippen molar-refractivity contribution in [1.29, 1.82) is 0 Å². The van der Waals surface area contributed by atoms with E-state index in [-0.39, 0.29) is 42.2 Å². The first-order valence-corrected chi connectivity index (χ1v) is 9.48. The van der Waals surface area contributed by atoms with Gasteiger partial charge in [0.05, 0.1) is 17.2 Å². The third-order valence-electron chi connectivity index (χ3n) is 3.57. The largest absolute Gasteiger partial charge is 0.370 e. The lowest BCUT2D eigenvalue weighted by Crippen LogP contribution is -2.24. The van der Waals surface area contributed by atoms with Crippen molar-refractivity contribution in [1.82, 2.24) is 0 Å². The normalized spacial score (nSPS) is 11.9. The molecule has 2 aromatic carbocycles. The second kappa shape index (κ2) is 9.76. The molecule has 0 radical (unpaired) electrons. The summed E-state index contributed by atoms with van der Waals surface area (Å²) in [4.78, 5) is 4.41. The van der Waals surface area contributed by atoms with Crippen LogP contribution < -0.4 is 11.1 Å². The van der Waals surface area contributed by atoms with E-state index in [0.29, 0.717) is 10.8 Å². The van der Waals surface area contributed by atoms with Crippen molar-refractivity contribution >= 4 is 45.5 Å². The summed E-state index contributed by atoms with van der Waals surface area (Å²) in [6.45, 7) is 4.34. The molecule has 2 aromatic rings. The molecule has 0 atom stereocenters. The molecule has 7 heteroatoms. The Bertz CT molecular complexity index is 806. The molecule has 0 unspecified atom stereocenters. The van der Waals surface area contributed by atoms with Crippen molar-refractivity contribution in [2.45, 2.75) is 24.7 Å². The standard InChI is InChI=1S/C18H23N3O2S.HI/c1-14(2)15-7-6-8-16(13-15)21-18(19)20-11-12-24(22,23)17-9-4-3-5-10-17;/h3-10,13-14H,11-12H2,1-2H3,(H3,19,20,21);1H. The highest BCUT2D eigenvalue weighted by atomic mass is 127. The summed E-state index contributed by atoms with van der Waals surface area (Å²) >= 11 is 0. The van der Waals surface area contributed by atoms with E-state index in [1.807, 2.05) is 18.2 Å². The van der Waals surface area contributed by atoms with Crippen LogP contribution in [0.2, 0.25) is 0 Å². The molecule has 0 spiro atoms. The lowest BCUT2D eigenvalue weighted by molar-refractivity contribution is 0.596. The van der Waals surface area contributed by atoms with Crippen LogP contribution >= 0.6 is 24.0 Å². The van der Waals surface area contributed by atoms with E-state index in [4.69, 9.17) is 5.73 Å². The zero-order valence-electron chi connectivity index (χ0n) is 14.3. The van der Waals surface area contributed by atoms with Crippen molar-refractivity contribution in [2.24, 2.45) is 10.7 Å². The highest BCUT2D eigenvalue weighted by Gasteiger charge is 2.12. The van der Waals surface area contributed by atoms with Gasteiger partial charge in [-0.15, -0.1) is 24.0 Å². The summed E-state index contributed by atoms with van der Waals surface area (Å²) in [5.74, 6) is 0.547. The lowest BCUT2D eigenvalue weighted by Gasteiger charge is -2.10. The minimum absolute atomic E-state index is 0. The smallest absolute Gasteiger partial charge is 0.193 e. The predicted octanol–water partition coefficient (Wildman–Crippen LogP) is 3.63. The number of anilines is 1. The molecular formula is C18H24IN3O2S. The van der Waals surface area contributed by atoms with Crippen molar-refractivity contribution in [3.05, 3.63) is 60.2 Å². The summed E-state index contributed by atoms with van der Waals surface area (Å²) in [5, 5.41) is 3.00. The number of halogens is 1. The second-order valence-electron chi connectivity index (χ2n) is 5.80. The van der Waals surface area contributed by atoms with Gasteiger partial charge in [0.15, 0.2) is 15.8 Å². The maximum Gasteiger partial charge on any atom is 0.193 e. The molecule has 0 aliphatic heterocycles. The molecule has 0 saturated heterocycles. The van der Waals surface area contributed by atoms with E-state index in [1.165, 1.54) is 5.56 Å². The van der Waals surface area contributed by atoms with Crippen molar-refractivity contribution in [2.75, 3.05) is 17.6 Å². The van der Waals surface area contributed by atoms with E-state index < -0.39 is 9.84 Å². The first-order valence-electron chi connectivity index (χ1n) is 7.83. The number of nitrogens with two attached hydrogens (primary N) is 1. The fraction of sp³-hybridized carbons (Fsp3) is 0.278. The molecule has 0 saturated carbocycles. The first-order chi connectivity index (χ1) is 11.4. The van der Waals surface area contributed by atoms with Crippen LogP contribution in [-0.2, 0) is 9.84 Å². The number of rotatable bonds is 6. The van der Waals surface area contributed by atoms with Gasteiger partial charge in [0.2, 0.25) is 0 Å². The van der Waals surface area contributed by atoms with Gasteiger partial charge >= 0.3 is 0 Å². The fourth-order valence-electron chi connectivity index (χ4n) is 2.19. The number of guanidine groups is 1. The Kier molecular flexibility index (Phi) is 8.37. The van der Waals surface area contributed by atoms with E-state index in [9.17, 15) is 8.42 Å². The Hall–Kier alpha value is -1.61. The zero-order valence-corrected chi connectivity index (χ0v) is 17.5. The Morgan fingerprint density at radius 3 is 2.44 bits per heavy atom. The average molecular weight is 473 g/mol. The molecule has 2 rings (SSSR count). The Morgan fingerprint density at radius 2 is 1.80 bits per heavy atom. The second-order valence-corrected chi connectivity index (χ2v) is 7.91. The number of hydrogen-bond acceptors (Lipinski definition) is 3. The summed E-state index contributed by atoms with van der Waals surface area (Å²) in [5.41, 5.74) is 7.88. The number of nitrogens with zero attached hydrogens (tertiary/aromatic N) is 1. The average Bonchev–Trinajstić information content (AvgIpc) is 2.55. The minimum atomic E-state index is -3.34. The molecule has 0 aliphatic carbocycles. The number of hydrogen-bond donors (Lipinski definition) is 2. The highest BCUT2D eigenvalue weighted by molar-refractivity contribution is 14.0.